The first-order valence-corrected chi connectivity index (χ1v) is 8.82. The van der Waals surface area contributed by atoms with E-state index in [9.17, 15) is 13.8 Å². The number of nitrogens with one attached hydrogen (secondary N) is 1. The lowest BCUT2D eigenvalue weighted by molar-refractivity contribution is 0.0953. The molecular formula is C14H22FN2O5P. The number of carbonyl (C=O) groups is 1. The molecule has 9 heteroatoms. The lowest BCUT2D eigenvalue weighted by Gasteiger charge is -2.11. The number of phosphoric ester groups is 1. The van der Waals surface area contributed by atoms with Crippen LogP contribution in [0, 0.1) is 0 Å². The van der Waals surface area contributed by atoms with Gasteiger partial charge in [-0.2, -0.15) is 0 Å². The van der Waals surface area contributed by atoms with E-state index < -0.39 is 14.5 Å². The van der Waals surface area contributed by atoms with Gasteiger partial charge in [-0.3, -0.25) is 14.6 Å². The molecule has 0 unspecified atom stereocenters. The van der Waals surface area contributed by atoms with E-state index in [1.807, 2.05) is 0 Å². The molecule has 0 atom stereocenters. The minimum atomic E-state index is -4.77. The number of rotatable bonds is 10. The van der Waals surface area contributed by atoms with Crippen molar-refractivity contribution in [1.29, 1.82) is 0 Å². The fourth-order valence-corrected chi connectivity index (χ4v) is 2.40. The van der Waals surface area contributed by atoms with Crippen LogP contribution in [0.4, 0.5) is 4.39 Å². The third kappa shape index (κ3) is 7.56. The molecule has 0 aliphatic rings. The number of nitrogens with two attached hydrogens (primary N) is 1. The zero-order valence-corrected chi connectivity index (χ0v) is 13.6. The van der Waals surface area contributed by atoms with Crippen LogP contribution in [-0.4, -0.2) is 28.8 Å². The highest BCUT2D eigenvalue weighted by molar-refractivity contribution is 7.46. The molecule has 1 amide bonds. The number of hydrogen-bond donors (Lipinski definition) is 4. The van der Waals surface area contributed by atoms with Gasteiger partial charge in [0, 0.05) is 17.7 Å². The van der Waals surface area contributed by atoms with Crippen LogP contribution < -0.4 is 15.6 Å². The lowest BCUT2D eigenvalue weighted by atomic mass is 10.1. The molecule has 0 aromatic heterocycles. The van der Waals surface area contributed by atoms with Gasteiger partial charge in [-0.25, -0.2) is 8.96 Å². The smallest absolute Gasteiger partial charge is 0.404 e. The summed E-state index contributed by atoms with van der Waals surface area (Å²) in [6, 6.07) is 3.72. The second-order valence-corrected chi connectivity index (χ2v) is 6.16. The first-order chi connectivity index (χ1) is 10.9. The van der Waals surface area contributed by atoms with Crippen molar-refractivity contribution in [3.05, 3.63) is 29.3 Å². The summed E-state index contributed by atoms with van der Waals surface area (Å²) in [7, 11) is -4.77. The fourth-order valence-electron chi connectivity index (χ4n) is 1.97. The van der Waals surface area contributed by atoms with E-state index in [-0.39, 0.29) is 22.8 Å². The van der Waals surface area contributed by atoms with Crippen molar-refractivity contribution in [2.75, 3.05) is 13.1 Å². The third-order valence-electron chi connectivity index (χ3n) is 3.10. The van der Waals surface area contributed by atoms with Gasteiger partial charge in [0.2, 0.25) is 0 Å². The summed E-state index contributed by atoms with van der Waals surface area (Å²) in [5.74, 6) is -0.652. The molecule has 0 fully saturated rings. The van der Waals surface area contributed by atoms with E-state index in [1.165, 1.54) is 18.2 Å². The first-order valence-electron chi connectivity index (χ1n) is 7.29. The molecule has 7 nitrogen and oxygen atoms in total. The van der Waals surface area contributed by atoms with Crippen molar-refractivity contribution < 1.29 is 28.1 Å². The number of benzene rings is 1. The van der Waals surface area contributed by atoms with Gasteiger partial charge in [-0.1, -0.05) is 12.8 Å². The second kappa shape index (κ2) is 9.62. The Balaban J connectivity index is 2.59. The van der Waals surface area contributed by atoms with Crippen LogP contribution in [0.1, 0.15) is 41.6 Å². The van der Waals surface area contributed by atoms with Crippen molar-refractivity contribution in [3.63, 3.8) is 0 Å². The Labute approximate surface area is 134 Å². The van der Waals surface area contributed by atoms with E-state index in [1.54, 1.807) is 0 Å². The predicted octanol–water partition coefficient (Wildman–Crippen LogP) is 1.88. The molecule has 1 aromatic carbocycles. The Kier molecular flexibility index (Phi) is 8.19. The first kappa shape index (κ1) is 19.6. The minimum Gasteiger partial charge on any atom is -0.404 e. The van der Waals surface area contributed by atoms with Gasteiger partial charge in [0.05, 0.1) is 0 Å². The molecule has 1 aromatic rings. The molecule has 0 saturated heterocycles. The molecule has 130 valence electrons. The van der Waals surface area contributed by atoms with E-state index >= 15 is 0 Å². The Hall–Kier alpha value is -1.47. The van der Waals surface area contributed by atoms with Crippen LogP contribution in [0.2, 0.25) is 0 Å². The average molecular weight is 348 g/mol. The highest BCUT2D eigenvalue weighted by Gasteiger charge is 2.19. The number of carbonyl (C=O) groups excluding carboxylic acids is 1. The van der Waals surface area contributed by atoms with E-state index in [4.69, 9.17) is 15.5 Å². The van der Waals surface area contributed by atoms with E-state index in [2.05, 4.69) is 9.84 Å². The molecule has 23 heavy (non-hydrogen) atoms. The summed E-state index contributed by atoms with van der Waals surface area (Å²) in [6.45, 7) is 0.145. The number of amides is 1. The predicted molar refractivity (Wildman–Crippen MR) is 83.8 cm³/mol. The number of phosphoric acid groups is 1. The van der Waals surface area contributed by atoms with Crippen molar-refractivity contribution in [2.24, 2.45) is 5.73 Å². The van der Waals surface area contributed by atoms with Crippen LogP contribution >= 0.6 is 7.82 Å². The molecule has 1 rings (SSSR count). The van der Waals surface area contributed by atoms with Crippen LogP contribution in [0.5, 0.6) is 5.75 Å². The average Bonchev–Trinajstić information content (AvgIpc) is 2.49. The third-order valence-corrected chi connectivity index (χ3v) is 3.53. The van der Waals surface area contributed by atoms with Gasteiger partial charge in [0.15, 0.2) is 0 Å². The maximum Gasteiger partial charge on any atom is 0.524 e. The van der Waals surface area contributed by atoms with Crippen LogP contribution in [-0.2, 0) is 11.2 Å². The second-order valence-electron chi connectivity index (χ2n) is 5.00. The van der Waals surface area contributed by atoms with E-state index in [0.29, 0.717) is 13.1 Å². The summed E-state index contributed by atoms with van der Waals surface area (Å²) in [6.07, 6.45) is 3.74. The fraction of sp³-hybridized carbons (Fsp3) is 0.500. The van der Waals surface area contributed by atoms with Crippen LogP contribution in [0.15, 0.2) is 18.2 Å². The van der Waals surface area contributed by atoms with Gasteiger partial charge in [0.1, 0.15) is 12.4 Å². The minimum absolute atomic E-state index is 0.0936. The normalized spacial score (nSPS) is 11.3. The largest absolute Gasteiger partial charge is 0.524 e. The molecule has 0 aliphatic heterocycles. The monoisotopic (exact) mass is 348 g/mol. The summed E-state index contributed by atoms with van der Waals surface area (Å²) < 4.78 is 28.1. The summed E-state index contributed by atoms with van der Waals surface area (Å²) in [4.78, 5) is 29.5. The van der Waals surface area contributed by atoms with Crippen molar-refractivity contribution in [2.45, 2.75) is 32.4 Å². The molecule has 0 bridgehead atoms. The Morgan fingerprint density at radius 3 is 2.57 bits per heavy atom. The highest BCUT2D eigenvalue weighted by Crippen LogP contribution is 2.39. The van der Waals surface area contributed by atoms with Gasteiger partial charge >= 0.3 is 7.82 Å². The number of alkyl halides is 1. The summed E-state index contributed by atoms with van der Waals surface area (Å²) in [5.41, 5.74) is 5.50. The quantitative estimate of drug-likeness (QED) is 0.378. The lowest BCUT2D eigenvalue weighted by Crippen LogP contribution is -2.24. The maximum absolute atomic E-state index is 13.0. The standard InChI is InChI=1S/C14H22FN2O5P/c15-10-12-9-11(5-6-13(12)22-23(19,20)21)14(18)17-8-4-2-1-3-7-16/h5-6,9H,1-4,7-8,10,16H2,(H,17,18)(H2,19,20,21). The molecule has 5 N–H and O–H groups in total. The van der Waals surface area contributed by atoms with Crippen molar-refractivity contribution in [1.82, 2.24) is 5.32 Å². The Morgan fingerprint density at radius 2 is 1.96 bits per heavy atom. The molecular weight excluding hydrogens is 326 g/mol. The zero-order valence-electron chi connectivity index (χ0n) is 12.7. The van der Waals surface area contributed by atoms with Crippen LogP contribution in [0.25, 0.3) is 0 Å². The Bertz CT molecular complexity index is 564. The molecule has 0 aliphatic carbocycles. The number of unbranched alkanes of at least 4 members (excludes halogenated alkanes) is 3. The van der Waals surface area contributed by atoms with Crippen molar-refractivity contribution in [3.8, 4) is 5.75 Å². The van der Waals surface area contributed by atoms with Gasteiger partial charge in [0.25, 0.3) is 5.91 Å². The van der Waals surface area contributed by atoms with Crippen LogP contribution in [0.3, 0.4) is 0 Å². The molecule has 0 saturated carbocycles. The number of hydrogen-bond acceptors (Lipinski definition) is 4. The number of halogens is 1. The molecule has 0 spiro atoms. The maximum atomic E-state index is 13.0. The zero-order chi connectivity index (χ0) is 17.3. The van der Waals surface area contributed by atoms with Gasteiger partial charge < -0.3 is 15.6 Å². The molecule has 0 heterocycles. The Morgan fingerprint density at radius 1 is 1.26 bits per heavy atom. The summed E-state index contributed by atoms with van der Waals surface area (Å²) >= 11 is 0. The molecule has 0 radical (unpaired) electrons. The highest BCUT2D eigenvalue weighted by atomic mass is 31.2. The van der Waals surface area contributed by atoms with Gasteiger partial charge in [-0.05, 0) is 37.6 Å². The van der Waals surface area contributed by atoms with E-state index in [0.717, 1.165) is 25.7 Å². The topological polar surface area (TPSA) is 122 Å². The summed E-state index contributed by atoms with van der Waals surface area (Å²) in [5, 5.41) is 2.71. The SMILES string of the molecule is NCCCCCCNC(=O)c1ccc(OP(=O)(O)O)c(CF)c1. The van der Waals surface area contributed by atoms with Gasteiger partial charge in [-0.15, -0.1) is 0 Å². The van der Waals surface area contributed by atoms with Crippen molar-refractivity contribution >= 4 is 13.7 Å².